The van der Waals surface area contributed by atoms with Gasteiger partial charge in [-0.05, 0) is 173 Å². The molecule has 302 valence electrons. The Bertz CT molecular complexity index is 1510. The quantitative estimate of drug-likeness (QED) is 0.232. The molecule has 0 bridgehead atoms. The lowest BCUT2D eigenvalue weighted by Crippen LogP contribution is -2.59. The molecule has 12 nitrogen and oxygen atoms in total. The molecule has 54 heavy (non-hydrogen) atoms. The van der Waals surface area contributed by atoms with Crippen LogP contribution in [0.5, 0.6) is 0 Å². The van der Waals surface area contributed by atoms with Gasteiger partial charge in [0.15, 0.2) is 0 Å². The minimum absolute atomic E-state index is 0.183. The molecule has 6 amide bonds. The molecular weight excluding hydrogens is 684 g/mol. The van der Waals surface area contributed by atoms with Crippen LogP contribution in [-0.2, 0) is 44.9 Å². The number of fused-ring (bicyclic) bond motifs is 2. The van der Waals surface area contributed by atoms with E-state index in [0.717, 1.165) is 0 Å². The van der Waals surface area contributed by atoms with Crippen LogP contribution in [0.4, 0.5) is 0 Å². The van der Waals surface area contributed by atoms with Gasteiger partial charge in [0.25, 0.3) is 11.8 Å². The number of hydrogen-bond donors (Lipinski definition) is 6. The number of carbonyl (C=O) groups is 6. The van der Waals surface area contributed by atoms with Gasteiger partial charge in [-0.15, -0.1) is 0 Å². The van der Waals surface area contributed by atoms with Crippen LogP contribution in [0, 0.1) is 10.8 Å². The Morgan fingerprint density at radius 2 is 0.500 bits per heavy atom. The first-order valence-corrected chi connectivity index (χ1v) is 19.1. The predicted molar refractivity (Wildman–Crippen MR) is 212 cm³/mol. The van der Waals surface area contributed by atoms with E-state index >= 15 is 0 Å². The summed E-state index contributed by atoms with van der Waals surface area (Å²) in [7, 11) is 0. The van der Waals surface area contributed by atoms with Gasteiger partial charge in [0, 0.05) is 44.4 Å². The van der Waals surface area contributed by atoms with Crippen LogP contribution in [0.25, 0.3) is 0 Å². The second-order valence-corrected chi connectivity index (χ2v) is 21.8. The van der Waals surface area contributed by atoms with Gasteiger partial charge < -0.3 is 31.9 Å². The monoisotopic (exact) mass is 753 g/mol. The van der Waals surface area contributed by atoms with Crippen LogP contribution in [0.2, 0.25) is 0 Å². The van der Waals surface area contributed by atoms with Crippen molar-refractivity contribution < 1.29 is 28.8 Å². The Labute approximate surface area is 323 Å². The summed E-state index contributed by atoms with van der Waals surface area (Å²) in [6, 6.07) is 0. The molecule has 0 aliphatic heterocycles. The minimum atomic E-state index is -1.73. The molecule has 6 N–H and O–H groups in total. The summed E-state index contributed by atoms with van der Waals surface area (Å²) >= 11 is 0. The van der Waals surface area contributed by atoms with Crippen molar-refractivity contribution in [3.05, 3.63) is 33.4 Å². The number of rotatable bonds is 6. The third-order valence-corrected chi connectivity index (χ3v) is 8.97. The van der Waals surface area contributed by atoms with Crippen LogP contribution in [0.1, 0.15) is 168 Å². The second-order valence-electron chi connectivity index (χ2n) is 21.8. The minimum Gasteiger partial charge on any atom is -0.351 e. The molecule has 2 aliphatic rings. The Balaban J connectivity index is 2.56. The normalized spacial score (nSPS) is 16.8. The Morgan fingerprint density at radius 1 is 0.333 bits per heavy atom. The van der Waals surface area contributed by atoms with Crippen LogP contribution < -0.4 is 31.9 Å². The standard InChI is InChI=1S/C42H68N6O6/c1-35(2,3)43-29(49)27-23-19-41(31(51)45-37(7,8)9,32(52)46-38(10,11)12)21-25(23)28(30(50)44-36(4,5)6)26-22-42(20-24(26)27,33(53)47-39(13,14)15)34(54)48-40(16,17)18/h19-22H2,1-18H3,(H,43,49)(H,44,50)(H,45,51)(H,46,52)(H,47,53)(H,48,54). The molecular formula is C42H68N6O6. The molecule has 0 spiro atoms. The van der Waals surface area contributed by atoms with E-state index in [1.54, 1.807) is 0 Å². The van der Waals surface area contributed by atoms with Crippen molar-refractivity contribution in [3.8, 4) is 0 Å². The molecule has 2 aliphatic carbocycles. The fraction of sp³-hybridized carbons (Fsp3) is 0.714. The van der Waals surface area contributed by atoms with Crippen LogP contribution in [-0.4, -0.2) is 68.7 Å². The lowest BCUT2D eigenvalue weighted by Gasteiger charge is -2.34. The second kappa shape index (κ2) is 14.0. The van der Waals surface area contributed by atoms with Crippen molar-refractivity contribution in [1.82, 2.24) is 31.9 Å². The first kappa shape index (κ1) is 44.4. The third-order valence-electron chi connectivity index (χ3n) is 8.97. The van der Waals surface area contributed by atoms with Gasteiger partial charge >= 0.3 is 0 Å². The molecule has 0 aromatic heterocycles. The maximum atomic E-state index is 14.7. The zero-order chi connectivity index (χ0) is 42.0. The van der Waals surface area contributed by atoms with E-state index in [1.165, 1.54) is 0 Å². The highest BCUT2D eigenvalue weighted by molar-refractivity contribution is 6.12. The molecule has 0 saturated carbocycles. The highest BCUT2D eigenvalue weighted by Crippen LogP contribution is 2.50. The summed E-state index contributed by atoms with van der Waals surface area (Å²) in [4.78, 5) is 87.5. The molecule has 0 atom stereocenters. The summed E-state index contributed by atoms with van der Waals surface area (Å²) < 4.78 is 0. The van der Waals surface area contributed by atoms with Gasteiger partial charge in [-0.3, -0.25) is 28.8 Å². The third kappa shape index (κ3) is 10.2. The lowest BCUT2D eigenvalue weighted by atomic mass is 9.79. The zero-order valence-corrected chi connectivity index (χ0v) is 36.3. The van der Waals surface area contributed by atoms with Gasteiger partial charge in [-0.25, -0.2) is 0 Å². The average Bonchev–Trinajstić information content (AvgIpc) is 3.46. The van der Waals surface area contributed by atoms with Crippen molar-refractivity contribution in [1.29, 1.82) is 0 Å². The van der Waals surface area contributed by atoms with E-state index in [0.29, 0.717) is 22.3 Å². The van der Waals surface area contributed by atoms with E-state index in [9.17, 15) is 28.8 Å². The molecule has 0 unspecified atom stereocenters. The highest BCUT2D eigenvalue weighted by Gasteiger charge is 2.58. The first-order valence-electron chi connectivity index (χ1n) is 19.1. The van der Waals surface area contributed by atoms with Gasteiger partial charge in [0.2, 0.25) is 23.6 Å². The molecule has 3 rings (SSSR count). The Hall–Kier alpha value is -3.96. The molecule has 0 saturated heterocycles. The van der Waals surface area contributed by atoms with Crippen LogP contribution >= 0.6 is 0 Å². The Morgan fingerprint density at radius 3 is 0.648 bits per heavy atom. The van der Waals surface area contributed by atoms with Crippen LogP contribution in [0.3, 0.4) is 0 Å². The molecule has 12 heteroatoms. The largest absolute Gasteiger partial charge is 0.351 e. The van der Waals surface area contributed by atoms with Crippen LogP contribution in [0.15, 0.2) is 0 Å². The fourth-order valence-electron chi connectivity index (χ4n) is 7.12. The number of benzene rings is 1. The lowest BCUT2D eigenvalue weighted by molar-refractivity contribution is -0.146. The zero-order valence-electron chi connectivity index (χ0n) is 36.3. The first-order chi connectivity index (χ1) is 23.9. The van der Waals surface area contributed by atoms with E-state index in [2.05, 4.69) is 31.9 Å². The van der Waals surface area contributed by atoms with E-state index in [1.807, 2.05) is 125 Å². The Kier molecular flexibility index (Phi) is 11.5. The molecule has 0 heterocycles. The molecule has 1 aromatic rings. The van der Waals surface area contributed by atoms with Gasteiger partial charge in [-0.1, -0.05) is 0 Å². The number of nitrogens with one attached hydrogen (secondary N) is 6. The molecule has 0 fully saturated rings. The average molecular weight is 753 g/mol. The summed E-state index contributed by atoms with van der Waals surface area (Å²) in [5.41, 5.74) is -5.79. The number of carbonyl (C=O) groups excluding carboxylic acids is 6. The van der Waals surface area contributed by atoms with Gasteiger partial charge in [0.1, 0.15) is 10.8 Å². The van der Waals surface area contributed by atoms with E-state index in [-0.39, 0.29) is 36.8 Å². The SMILES string of the molecule is CC(C)(C)NC(=O)c1c2c(c(C(=O)NC(C)(C)C)c3c1CC(C(=O)NC(C)(C)C)(C(=O)NC(C)(C)C)C3)CC(C(=O)NC(C)(C)C)(C(=O)NC(C)(C)C)C2. The highest BCUT2D eigenvalue weighted by atomic mass is 16.2. The molecule has 0 radical (unpaired) electrons. The summed E-state index contributed by atoms with van der Waals surface area (Å²) in [6.45, 7) is 32.9. The van der Waals surface area contributed by atoms with Gasteiger partial charge in [-0.2, -0.15) is 0 Å². The predicted octanol–water partition coefficient (Wildman–Crippen LogP) is 4.57. The summed E-state index contributed by atoms with van der Waals surface area (Å²) in [5.74, 6) is -3.07. The maximum Gasteiger partial charge on any atom is 0.252 e. The van der Waals surface area contributed by atoms with Crippen molar-refractivity contribution >= 4 is 35.4 Å². The topological polar surface area (TPSA) is 175 Å². The van der Waals surface area contributed by atoms with E-state index < -0.39 is 79.5 Å². The van der Waals surface area contributed by atoms with Crippen molar-refractivity contribution in [2.75, 3.05) is 0 Å². The fourth-order valence-corrected chi connectivity index (χ4v) is 7.12. The van der Waals surface area contributed by atoms with Crippen molar-refractivity contribution in [2.24, 2.45) is 10.8 Å². The number of hydrogen-bond acceptors (Lipinski definition) is 6. The summed E-state index contributed by atoms with van der Waals surface area (Å²) in [6.07, 6.45) is -0.732. The smallest absolute Gasteiger partial charge is 0.252 e. The maximum absolute atomic E-state index is 14.7. The summed E-state index contributed by atoms with van der Waals surface area (Å²) in [5, 5.41) is 18.2. The van der Waals surface area contributed by atoms with Crippen molar-refractivity contribution in [3.63, 3.8) is 0 Å². The van der Waals surface area contributed by atoms with Crippen molar-refractivity contribution in [2.45, 2.75) is 184 Å². The van der Waals surface area contributed by atoms with E-state index in [4.69, 9.17) is 0 Å². The molecule has 1 aromatic carbocycles. The number of amides is 6. The van der Waals surface area contributed by atoms with Gasteiger partial charge in [0.05, 0.1) is 0 Å².